The van der Waals surface area contributed by atoms with Crippen molar-refractivity contribution in [3.63, 3.8) is 0 Å². The van der Waals surface area contributed by atoms with Crippen molar-refractivity contribution in [1.29, 1.82) is 0 Å². The monoisotopic (exact) mass is 406 g/mol. The highest BCUT2D eigenvalue weighted by molar-refractivity contribution is 7.21. The van der Waals surface area contributed by atoms with Crippen LogP contribution in [0.4, 0.5) is 11.4 Å². The average molecular weight is 407 g/mol. The van der Waals surface area contributed by atoms with Crippen molar-refractivity contribution >= 4 is 67.8 Å². The van der Waals surface area contributed by atoms with Crippen LogP contribution < -0.4 is 10.6 Å². The lowest BCUT2D eigenvalue weighted by Gasteiger charge is -2.10. The molecular weight excluding hydrogens is 391 g/mol. The lowest BCUT2D eigenvalue weighted by atomic mass is 10.2. The Labute approximate surface area is 165 Å². The van der Waals surface area contributed by atoms with Crippen LogP contribution in [0.5, 0.6) is 0 Å². The number of thiophene rings is 1. The molecular formula is C19H16Cl2N2O2S. The zero-order valence-corrected chi connectivity index (χ0v) is 16.3. The van der Waals surface area contributed by atoms with Gasteiger partial charge in [-0.25, -0.2) is 0 Å². The second kappa shape index (κ2) is 8.08. The molecule has 0 aliphatic heterocycles. The molecule has 1 heterocycles. The van der Waals surface area contributed by atoms with Crippen LogP contribution in [0.3, 0.4) is 0 Å². The Hall–Kier alpha value is -2.08. The Balaban J connectivity index is 1.84. The molecule has 4 nitrogen and oxygen atoms in total. The van der Waals surface area contributed by atoms with Gasteiger partial charge in [-0.15, -0.1) is 11.3 Å². The molecule has 0 atom stereocenters. The highest BCUT2D eigenvalue weighted by Crippen LogP contribution is 2.36. The van der Waals surface area contributed by atoms with E-state index in [9.17, 15) is 9.59 Å². The SMILES string of the molecule is CCCC(=O)Nc1ccc(Cl)c(NC(=O)c2sc3ccccc3c2Cl)c1. The number of benzene rings is 2. The molecule has 0 aliphatic carbocycles. The van der Waals surface area contributed by atoms with Crippen molar-refractivity contribution in [3.8, 4) is 0 Å². The lowest BCUT2D eigenvalue weighted by molar-refractivity contribution is -0.116. The fourth-order valence-corrected chi connectivity index (χ4v) is 4.07. The molecule has 0 aliphatic rings. The number of anilines is 2. The number of carbonyl (C=O) groups is 2. The third-order valence-electron chi connectivity index (χ3n) is 3.72. The standard InChI is InChI=1S/C19H16Cl2N2O2S/c1-2-5-16(24)22-11-8-9-13(20)14(10-11)23-19(25)18-17(21)12-6-3-4-7-15(12)26-18/h3-4,6-10H,2,5H2,1H3,(H,22,24)(H,23,25). The smallest absolute Gasteiger partial charge is 0.267 e. The van der Waals surface area contributed by atoms with Gasteiger partial charge in [0, 0.05) is 22.2 Å². The summed E-state index contributed by atoms with van der Waals surface area (Å²) in [5.74, 6) is -0.421. The predicted molar refractivity (Wildman–Crippen MR) is 110 cm³/mol. The van der Waals surface area contributed by atoms with E-state index in [1.807, 2.05) is 31.2 Å². The summed E-state index contributed by atoms with van der Waals surface area (Å²) in [4.78, 5) is 24.8. The van der Waals surface area contributed by atoms with Crippen LogP contribution in [0.2, 0.25) is 10.0 Å². The number of hydrogen-bond donors (Lipinski definition) is 2. The minimum atomic E-state index is -0.338. The van der Waals surface area contributed by atoms with Crippen LogP contribution in [-0.2, 0) is 4.79 Å². The molecule has 0 saturated heterocycles. The van der Waals surface area contributed by atoms with Crippen molar-refractivity contribution in [2.24, 2.45) is 0 Å². The first kappa shape index (κ1) is 18.7. The Morgan fingerprint density at radius 1 is 1.08 bits per heavy atom. The molecule has 1 aromatic heterocycles. The number of amides is 2. The van der Waals surface area contributed by atoms with Crippen molar-refractivity contribution in [2.45, 2.75) is 19.8 Å². The third kappa shape index (κ3) is 4.01. The number of halogens is 2. The van der Waals surface area contributed by atoms with Gasteiger partial charge in [-0.1, -0.05) is 48.3 Å². The van der Waals surface area contributed by atoms with E-state index in [1.54, 1.807) is 18.2 Å². The summed E-state index contributed by atoms with van der Waals surface area (Å²) in [7, 11) is 0. The Bertz CT molecular complexity index is 985. The largest absolute Gasteiger partial charge is 0.326 e. The number of carbonyl (C=O) groups excluding carboxylic acids is 2. The Morgan fingerprint density at radius 2 is 1.85 bits per heavy atom. The molecule has 3 rings (SSSR count). The fourth-order valence-electron chi connectivity index (χ4n) is 2.49. The average Bonchev–Trinajstić information content (AvgIpc) is 2.95. The molecule has 0 saturated carbocycles. The van der Waals surface area contributed by atoms with Crippen LogP contribution in [0.25, 0.3) is 10.1 Å². The third-order valence-corrected chi connectivity index (χ3v) is 5.72. The quantitative estimate of drug-likeness (QED) is 0.529. The first-order valence-corrected chi connectivity index (χ1v) is 9.64. The number of rotatable bonds is 5. The summed E-state index contributed by atoms with van der Waals surface area (Å²) in [6.07, 6.45) is 1.19. The molecule has 2 N–H and O–H groups in total. The lowest BCUT2D eigenvalue weighted by Crippen LogP contribution is -2.13. The topological polar surface area (TPSA) is 58.2 Å². The molecule has 0 radical (unpaired) electrons. The number of nitrogens with one attached hydrogen (secondary N) is 2. The van der Waals surface area contributed by atoms with E-state index >= 15 is 0 Å². The summed E-state index contributed by atoms with van der Waals surface area (Å²) in [5.41, 5.74) is 0.991. The summed E-state index contributed by atoms with van der Waals surface area (Å²) in [6.45, 7) is 1.93. The Morgan fingerprint density at radius 3 is 2.58 bits per heavy atom. The summed E-state index contributed by atoms with van der Waals surface area (Å²) in [5, 5.41) is 7.21. The Kier molecular flexibility index (Phi) is 5.81. The van der Waals surface area contributed by atoms with E-state index in [4.69, 9.17) is 23.2 Å². The number of fused-ring (bicyclic) bond motifs is 1. The van der Waals surface area contributed by atoms with Gasteiger partial charge in [0.25, 0.3) is 5.91 Å². The van der Waals surface area contributed by atoms with Crippen molar-refractivity contribution in [1.82, 2.24) is 0 Å². The number of hydrogen-bond acceptors (Lipinski definition) is 3. The van der Waals surface area contributed by atoms with Crippen molar-refractivity contribution in [2.75, 3.05) is 10.6 Å². The zero-order valence-electron chi connectivity index (χ0n) is 13.9. The minimum Gasteiger partial charge on any atom is -0.326 e. The highest BCUT2D eigenvalue weighted by atomic mass is 35.5. The molecule has 3 aromatic rings. The molecule has 0 fully saturated rings. The van der Waals surface area contributed by atoms with Gasteiger partial charge in [-0.2, -0.15) is 0 Å². The van der Waals surface area contributed by atoms with Crippen LogP contribution in [0, 0.1) is 0 Å². The summed E-state index contributed by atoms with van der Waals surface area (Å²) < 4.78 is 0.939. The molecule has 0 unspecified atom stereocenters. The molecule has 134 valence electrons. The predicted octanol–water partition coefficient (Wildman–Crippen LogP) is 6.20. The van der Waals surface area contributed by atoms with Gasteiger partial charge >= 0.3 is 0 Å². The van der Waals surface area contributed by atoms with Crippen LogP contribution in [-0.4, -0.2) is 11.8 Å². The zero-order chi connectivity index (χ0) is 18.7. The van der Waals surface area contributed by atoms with Gasteiger partial charge in [0.1, 0.15) is 4.88 Å². The van der Waals surface area contributed by atoms with E-state index < -0.39 is 0 Å². The van der Waals surface area contributed by atoms with Gasteiger partial charge in [0.2, 0.25) is 5.91 Å². The molecule has 7 heteroatoms. The normalized spacial score (nSPS) is 10.7. The minimum absolute atomic E-state index is 0.0837. The summed E-state index contributed by atoms with van der Waals surface area (Å²) in [6, 6.07) is 12.5. The van der Waals surface area contributed by atoms with Crippen LogP contribution >= 0.6 is 34.5 Å². The molecule has 26 heavy (non-hydrogen) atoms. The van der Waals surface area contributed by atoms with Gasteiger partial charge in [0.05, 0.1) is 15.7 Å². The van der Waals surface area contributed by atoms with Crippen LogP contribution in [0.15, 0.2) is 42.5 Å². The van der Waals surface area contributed by atoms with Gasteiger partial charge in [-0.3, -0.25) is 9.59 Å². The second-order valence-corrected chi connectivity index (χ2v) is 7.53. The van der Waals surface area contributed by atoms with E-state index in [0.717, 1.165) is 16.5 Å². The van der Waals surface area contributed by atoms with Gasteiger partial charge in [-0.05, 0) is 30.7 Å². The maximum absolute atomic E-state index is 12.7. The van der Waals surface area contributed by atoms with E-state index in [1.165, 1.54) is 11.3 Å². The maximum Gasteiger partial charge on any atom is 0.267 e. The highest BCUT2D eigenvalue weighted by Gasteiger charge is 2.18. The van der Waals surface area contributed by atoms with Crippen molar-refractivity contribution in [3.05, 3.63) is 57.4 Å². The fraction of sp³-hybridized carbons (Fsp3) is 0.158. The van der Waals surface area contributed by atoms with Crippen LogP contribution in [0.1, 0.15) is 29.4 Å². The summed E-state index contributed by atoms with van der Waals surface area (Å²) >= 11 is 13.9. The van der Waals surface area contributed by atoms with Gasteiger partial charge in [0.15, 0.2) is 0 Å². The first-order chi connectivity index (χ1) is 12.5. The molecule has 0 bridgehead atoms. The van der Waals surface area contributed by atoms with E-state index in [2.05, 4.69) is 10.6 Å². The molecule has 2 amide bonds. The van der Waals surface area contributed by atoms with E-state index in [-0.39, 0.29) is 11.8 Å². The van der Waals surface area contributed by atoms with E-state index in [0.29, 0.717) is 32.7 Å². The van der Waals surface area contributed by atoms with Crippen molar-refractivity contribution < 1.29 is 9.59 Å². The first-order valence-electron chi connectivity index (χ1n) is 8.07. The molecule has 2 aromatic carbocycles. The van der Waals surface area contributed by atoms with Gasteiger partial charge < -0.3 is 10.6 Å². The second-order valence-electron chi connectivity index (χ2n) is 5.69. The molecule has 0 spiro atoms. The maximum atomic E-state index is 12.7.